The molecule has 0 bridgehead atoms. The first-order chi connectivity index (χ1) is 15.3. The molecule has 1 aromatic heterocycles. The average molecular weight is 533 g/mol. The molecular formula is C24H32Cl2FN3O3S. The molecule has 10 heteroatoms. The van der Waals surface area contributed by atoms with Gasteiger partial charge in [-0.2, -0.15) is 0 Å². The molecule has 1 unspecified atom stereocenters. The largest absolute Gasteiger partial charge is 0.334 e. The lowest BCUT2D eigenvalue weighted by Gasteiger charge is -2.31. The number of sulfone groups is 1. The normalized spacial score (nSPS) is 20.6. The molecule has 0 aliphatic carbocycles. The topological polar surface area (TPSA) is 70.6 Å². The fraction of sp³-hybridized carbons (Fsp3) is 0.500. The zero-order chi connectivity index (χ0) is 22.9. The van der Waals surface area contributed by atoms with E-state index in [1.165, 1.54) is 37.2 Å². The highest BCUT2D eigenvalue weighted by molar-refractivity contribution is 7.91. The van der Waals surface area contributed by atoms with Crippen LogP contribution < -0.4 is 0 Å². The van der Waals surface area contributed by atoms with Gasteiger partial charge in [0.1, 0.15) is 5.82 Å². The zero-order valence-electron chi connectivity index (χ0n) is 19.4. The first kappa shape index (κ1) is 28.5. The van der Waals surface area contributed by atoms with Crippen LogP contribution in [0, 0.1) is 5.82 Å². The molecule has 0 radical (unpaired) electrons. The Balaban J connectivity index is 0.00000204. The van der Waals surface area contributed by atoms with E-state index in [1.54, 1.807) is 19.1 Å². The van der Waals surface area contributed by atoms with Crippen molar-refractivity contribution in [2.75, 3.05) is 25.4 Å². The van der Waals surface area contributed by atoms with Crippen LogP contribution in [0.25, 0.3) is 11.1 Å². The summed E-state index contributed by atoms with van der Waals surface area (Å²) in [6, 6.07) is 8.24. The standard InChI is InChI=1S/C24H30FN3O3S.2ClH/c1-3-32(30,31)23-11-9-19(15-26-23)18-8-10-21(22(25)14-18)24(29)28-13-5-7-20(28)16-27-12-4-6-17(27)2;;/h8-11,14-15,17,20H,3-7,12-13,16H2,1-2H3;2*1H/t17-,20?;;/m0../s1. The average Bonchev–Trinajstić information content (AvgIpc) is 3.42. The molecule has 2 fully saturated rings. The zero-order valence-corrected chi connectivity index (χ0v) is 21.9. The number of hydrogen-bond donors (Lipinski definition) is 0. The van der Waals surface area contributed by atoms with Gasteiger partial charge >= 0.3 is 0 Å². The number of likely N-dealkylation sites (tertiary alicyclic amines) is 2. The second-order valence-electron chi connectivity index (χ2n) is 8.76. The summed E-state index contributed by atoms with van der Waals surface area (Å²) in [6.07, 6.45) is 5.70. The van der Waals surface area contributed by atoms with Crippen LogP contribution in [0.15, 0.2) is 41.6 Å². The molecule has 2 saturated heterocycles. The summed E-state index contributed by atoms with van der Waals surface area (Å²) < 4.78 is 38.9. The molecule has 4 rings (SSSR count). The van der Waals surface area contributed by atoms with E-state index in [9.17, 15) is 17.6 Å². The number of amides is 1. The van der Waals surface area contributed by atoms with Gasteiger partial charge < -0.3 is 4.90 Å². The minimum Gasteiger partial charge on any atom is -0.334 e. The molecule has 2 aliphatic heterocycles. The van der Waals surface area contributed by atoms with Crippen molar-refractivity contribution in [2.24, 2.45) is 0 Å². The Kier molecular flexibility index (Phi) is 9.89. The SMILES string of the molecule is CCS(=O)(=O)c1ccc(-c2ccc(C(=O)N3CCCC3CN3CCC[C@@H]3C)c(F)c2)cn1.Cl.Cl. The van der Waals surface area contributed by atoms with Gasteiger partial charge in [-0.25, -0.2) is 17.8 Å². The Morgan fingerprint density at radius 1 is 1.09 bits per heavy atom. The van der Waals surface area contributed by atoms with Gasteiger partial charge in [-0.15, -0.1) is 24.8 Å². The Morgan fingerprint density at radius 2 is 1.79 bits per heavy atom. The Bertz CT molecular complexity index is 1100. The van der Waals surface area contributed by atoms with Crippen LogP contribution in [-0.2, 0) is 9.84 Å². The number of aromatic nitrogens is 1. The lowest BCUT2D eigenvalue weighted by Crippen LogP contribution is -2.44. The first-order valence-electron chi connectivity index (χ1n) is 11.3. The van der Waals surface area contributed by atoms with Gasteiger partial charge in [0.05, 0.1) is 11.3 Å². The maximum atomic E-state index is 15.0. The van der Waals surface area contributed by atoms with Crippen LogP contribution in [0.4, 0.5) is 4.39 Å². The third kappa shape index (κ3) is 5.90. The number of hydrogen-bond acceptors (Lipinski definition) is 5. The second kappa shape index (κ2) is 11.8. The monoisotopic (exact) mass is 531 g/mol. The van der Waals surface area contributed by atoms with E-state index in [4.69, 9.17) is 0 Å². The van der Waals surface area contributed by atoms with Crippen molar-refractivity contribution in [2.45, 2.75) is 56.6 Å². The second-order valence-corrected chi connectivity index (χ2v) is 11.0. The first-order valence-corrected chi connectivity index (χ1v) is 13.0. The molecule has 1 aromatic carbocycles. The molecule has 2 atom stereocenters. The maximum absolute atomic E-state index is 15.0. The van der Waals surface area contributed by atoms with Crippen molar-refractivity contribution in [1.29, 1.82) is 0 Å². The number of carbonyl (C=O) groups is 1. The minimum atomic E-state index is -3.39. The van der Waals surface area contributed by atoms with Crippen LogP contribution in [-0.4, -0.2) is 66.6 Å². The number of halogens is 3. The van der Waals surface area contributed by atoms with E-state index < -0.39 is 15.7 Å². The summed E-state index contributed by atoms with van der Waals surface area (Å²) in [6.45, 7) is 6.36. The van der Waals surface area contributed by atoms with Crippen LogP contribution in [0.1, 0.15) is 49.9 Å². The van der Waals surface area contributed by atoms with Crippen molar-refractivity contribution in [3.63, 3.8) is 0 Å². The van der Waals surface area contributed by atoms with Gasteiger partial charge in [-0.1, -0.05) is 13.0 Å². The molecule has 34 heavy (non-hydrogen) atoms. The number of carbonyl (C=O) groups excluding carboxylic acids is 1. The lowest BCUT2D eigenvalue weighted by atomic mass is 10.0. The van der Waals surface area contributed by atoms with E-state index in [2.05, 4.69) is 16.8 Å². The highest BCUT2D eigenvalue weighted by Gasteiger charge is 2.33. The highest BCUT2D eigenvalue weighted by atomic mass is 35.5. The molecule has 1 amide bonds. The smallest absolute Gasteiger partial charge is 0.257 e. The summed E-state index contributed by atoms with van der Waals surface area (Å²) >= 11 is 0. The molecular weight excluding hydrogens is 500 g/mol. The van der Waals surface area contributed by atoms with E-state index in [-0.39, 0.29) is 53.1 Å². The number of benzene rings is 1. The maximum Gasteiger partial charge on any atom is 0.257 e. The molecule has 0 N–H and O–H groups in total. The Hall–Kier alpha value is -1.74. The van der Waals surface area contributed by atoms with Crippen LogP contribution >= 0.6 is 24.8 Å². The number of pyridine rings is 1. The van der Waals surface area contributed by atoms with Crippen LogP contribution in [0.2, 0.25) is 0 Å². The van der Waals surface area contributed by atoms with E-state index in [0.717, 1.165) is 25.9 Å². The van der Waals surface area contributed by atoms with Gasteiger partial charge in [0, 0.05) is 36.9 Å². The molecule has 2 aliphatic rings. The van der Waals surface area contributed by atoms with Crippen molar-refractivity contribution in [3.05, 3.63) is 47.9 Å². The number of nitrogens with zero attached hydrogens (tertiary/aromatic N) is 3. The lowest BCUT2D eigenvalue weighted by molar-refractivity contribution is 0.0692. The summed E-state index contributed by atoms with van der Waals surface area (Å²) in [5, 5.41) is 0.00316. The third-order valence-electron chi connectivity index (χ3n) is 6.74. The van der Waals surface area contributed by atoms with E-state index in [1.807, 2.05) is 4.90 Å². The Labute approximate surface area is 213 Å². The van der Waals surface area contributed by atoms with Crippen molar-refractivity contribution in [3.8, 4) is 11.1 Å². The quantitative estimate of drug-likeness (QED) is 0.544. The van der Waals surface area contributed by atoms with Gasteiger partial charge in [-0.3, -0.25) is 9.69 Å². The van der Waals surface area contributed by atoms with Crippen LogP contribution in [0.5, 0.6) is 0 Å². The molecule has 0 saturated carbocycles. The van der Waals surface area contributed by atoms with Crippen molar-refractivity contribution < 1.29 is 17.6 Å². The van der Waals surface area contributed by atoms with Crippen LogP contribution in [0.3, 0.4) is 0 Å². The van der Waals surface area contributed by atoms with Crippen molar-refractivity contribution in [1.82, 2.24) is 14.8 Å². The summed E-state index contributed by atoms with van der Waals surface area (Å²) in [5.74, 6) is -0.859. The highest BCUT2D eigenvalue weighted by Crippen LogP contribution is 2.27. The molecule has 188 valence electrons. The summed E-state index contributed by atoms with van der Waals surface area (Å²) in [4.78, 5) is 21.4. The van der Waals surface area contributed by atoms with E-state index >= 15 is 0 Å². The fourth-order valence-corrected chi connectivity index (χ4v) is 5.52. The third-order valence-corrected chi connectivity index (χ3v) is 8.38. The fourth-order valence-electron chi connectivity index (χ4n) is 4.73. The minimum absolute atomic E-state index is 0. The number of rotatable bonds is 6. The molecule has 3 heterocycles. The molecule has 0 spiro atoms. The van der Waals surface area contributed by atoms with Gasteiger partial charge in [-0.05, 0) is 69.0 Å². The Morgan fingerprint density at radius 3 is 2.38 bits per heavy atom. The van der Waals surface area contributed by atoms with Crippen molar-refractivity contribution >= 4 is 40.6 Å². The van der Waals surface area contributed by atoms with Gasteiger partial charge in [0.15, 0.2) is 14.9 Å². The van der Waals surface area contributed by atoms with E-state index in [0.29, 0.717) is 23.7 Å². The molecule has 2 aromatic rings. The molecule has 6 nitrogen and oxygen atoms in total. The summed E-state index contributed by atoms with van der Waals surface area (Å²) in [7, 11) is -3.39. The van der Waals surface area contributed by atoms with Gasteiger partial charge in [0.25, 0.3) is 5.91 Å². The predicted octanol–water partition coefficient (Wildman–Crippen LogP) is 4.61. The van der Waals surface area contributed by atoms with Gasteiger partial charge in [0.2, 0.25) is 0 Å². The summed E-state index contributed by atoms with van der Waals surface area (Å²) in [5.41, 5.74) is 1.23. The predicted molar refractivity (Wildman–Crippen MR) is 136 cm³/mol.